The number of carbonyl (C=O) groups is 1. The number of aryl methyl sites for hydroxylation is 2. The molecule has 0 bridgehead atoms. The molecule has 26 heavy (non-hydrogen) atoms. The summed E-state index contributed by atoms with van der Waals surface area (Å²) in [6, 6.07) is 7.33. The fourth-order valence-corrected chi connectivity index (χ4v) is 5.79. The molecular weight excluding hydrogens is 432 g/mol. The first kappa shape index (κ1) is 17.9. The minimum absolute atomic E-state index is 0.000177. The molecule has 3 aromatic rings. The van der Waals surface area contributed by atoms with Crippen molar-refractivity contribution in [1.82, 2.24) is 9.55 Å². The Morgan fingerprint density at radius 3 is 2.77 bits per heavy atom. The van der Waals surface area contributed by atoms with Gasteiger partial charge in [0.15, 0.2) is 10.9 Å². The third-order valence-corrected chi connectivity index (χ3v) is 7.54. The molecule has 4 nitrogen and oxygen atoms in total. The van der Waals surface area contributed by atoms with Gasteiger partial charge in [0, 0.05) is 22.0 Å². The largest absolute Gasteiger partial charge is 0.293 e. The lowest BCUT2D eigenvalue weighted by molar-refractivity contribution is 0.0994. The molecule has 1 aromatic carbocycles. The van der Waals surface area contributed by atoms with Gasteiger partial charge in [0.2, 0.25) is 0 Å². The van der Waals surface area contributed by atoms with Gasteiger partial charge in [-0.05, 0) is 43.9 Å². The second kappa shape index (κ2) is 6.94. The summed E-state index contributed by atoms with van der Waals surface area (Å²) < 4.78 is 2.53. The molecule has 1 unspecified atom stereocenters. The summed E-state index contributed by atoms with van der Waals surface area (Å²) in [6.07, 6.45) is 3.13. The number of carbonyl (C=O) groups excluding carboxylic acids is 1. The van der Waals surface area contributed by atoms with Gasteiger partial charge in [-0.1, -0.05) is 39.8 Å². The van der Waals surface area contributed by atoms with E-state index in [0.29, 0.717) is 10.7 Å². The smallest absolute Gasteiger partial charge is 0.262 e. The van der Waals surface area contributed by atoms with E-state index >= 15 is 0 Å². The molecule has 0 saturated carbocycles. The molecule has 0 fully saturated rings. The van der Waals surface area contributed by atoms with Gasteiger partial charge in [0.1, 0.15) is 4.83 Å². The summed E-state index contributed by atoms with van der Waals surface area (Å²) in [5, 5.41) is 1.06. The van der Waals surface area contributed by atoms with Crippen molar-refractivity contribution in [2.24, 2.45) is 7.05 Å². The van der Waals surface area contributed by atoms with Crippen LogP contribution in [-0.2, 0) is 19.9 Å². The van der Waals surface area contributed by atoms with Gasteiger partial charge in [0.25, 0.3) is 5.56 Å². The summed E-state index contributed by atoms with van der Waals surface area (Å²) >= 11 is 6.35. The molecule has 1 aliphatic carbocycles. The van der Waals surface area contributed by atoms with Crippen LogP contribution in [0.2, 0.25) is 0 Å². The topological polar surface area (TPSA) is 52.0 Å². The average molecular weight is 449 g/mol. The molecule has 0 aliphatic heterocycles. The van der Waals surface area contributed by atoms with Crippen LogP contribution in [0.5, 0.6) is 0 Å². The van der Waals surface area contributed by atoms with Crippen LogP contribution in [0.3, 0.4) is 0 Å². The first-order chi connectivity index (χ1) is 12.5. The van der Waals surface area contributed by atoms with Crippen molar-refractivity contribution in [3.05, 3.63) is 55.1 Å². The lowest BCUT2D eigenvalue weighted by Gasteiger charge is -2.12. The van der Waals surface area contributed by atoms with E-state index in [-0.39, 0.29) is 16.6 Å². The third-order valence-electron chi connectivity index (χ3n) is 4.69. The van der Waals surface area contributed by atoms with E-state index in [4.69, 9.17) is 4.98 Å². The number of Topliss-reactive ketones (excluding diaryl/α,β-unsaturated/α-hetero) is 1. The number of halogens is 1. The van der Waals surface area contributed by atoms with Crippen LogP contribution < -0.4 is 5.56 Å². The van der Waals surface area contributed by atoms with Crippen LogP contribution in [0, 0.1) is 0 Å². The Kier molecular flexibility index (Phi) is 4.79. The van der Waals surface area contributed by atoms with Gasteiger partial charge in [-0.2, -0.15) is 0 Å². The highest BCUT2D eigenvalue weighted by molar-refractivity contribution is 9.10. The summed E-state index contributed by atoms with van der Waals surface area (Å²) in [4.78, 5) is 32.4. The Bertz CT molecular complexity index is 1070. The maximum atomic E-state index is 12.9. The first-order valence-corrected chi connectivity index (χ1v) is 10.9. The number of nitrogens with zero attached hydrogens (tertiary/aromatic N) is 2. The van der Waals surface area contributed by atoms with Crippen molar-refractivity contribution < 1.29 is 4.79 Å². The predicted octanol–water partition coefficient (Wildman–Crippen LogP) is 4.61. The van der Waals surface area contributed by atoms with Crippen molar-refractivity contribution in [3.8, 4) is 0 Å². The number of hydrogen-bond acceptors (Lipinski definition) is 5. The molecule has 7 heteroatoms. The van der Waals surface area contributed by atoms with E-state index in [1.165, 1.54) is 22.2 Å². The zero-order chi connectivity index (χ0) is 18.4. The normalized spacial score (nSPS) is 14.6. The average Bonchev–Trinajstić information content (AvgIpc) is 3.20. The number of rotatable bonds is 4. The molecule has 2 aromatic heterocycles. The van der Waals surface area contributed by atoms with Crippen LogP contribution in [0.1, 0.15) is 34.1 Å². The third kappa shape index (κ3) is 3.06. The summed E-state index contributed by atoms with van der Waals surface area (Å²) in [5.74, 6) is 0.0329. The van der Waals surface area contributed by atoms with Gasteiger partial charge < -0.3 is 0 Å². The van der Waals surface area contributed by atoms with E-state index in [1.807, 2.05) is 31.2 Å². The molecule has 1 aliphatic rings. The van der Waals surface area contributed by atoms with Crippen LogP contribution >= 0.6 is 39.0 Å². The quantitative estimate of drug-likeness (QED) is 0.332. The maximum Gasteiger partial charge on any atom is 0.262 e. The number of aromatic nitrogens is 2. The van der Waals surface area contributed by atoms with Crippen molar-refractivity contribution in [3.63, 3.8) is 0 Å². The molecular formula is C19H17BrN2O2S2. The second-order valence-corrected chi connectivity index (χ2v) is 9.73. The molecule has 2 heterocycles. The van der Waals surface area contributed by atoms with Crippen molar-refractivity contribution >= 4 is 55.0 Å². The number of benzene rings is 1. The van der Waals surface area contributed by atoms with E-state index in [2.05, 4.69) is 15.9 Å². The van der Waals surface area contributed by atoms with E-state index in [1.54, 1.807) is 23.0 Å². The molecule has 0 radical (unpaired) electrons. The summed E-state index contributed by atoms with van der Waals surface area (Å²) in [6.45, 7) is 1.86. The molecule has 0 amide bonds. The fourth-order valence-electron chi connectivity index (χ4n) is 3.27. The zero-order valence-corrected chi connectivity index (χ0v) is 17.6. The zero-order valence-electron chi connectivity index (χ0n) is 14.4. The highest BCUT2D eigenvalue weighted by Crippen LogP contribution is 2.36. The molecule has 0 spiro atoms. The lowest BCUT2D eigenvalue weighted by Crippen LogP contribution is -2.22. The van der Waals surface area contributed by atoms with Crippen LogP contribution in [0.15, 0.2) is 38.7 Å². The van der Waals surface area contributed by atoms with Crippen molar-refractivity contribution in [2.75, 3.05) is 0 Å². The number of thioether (sulfide) groups is 1. The van der Waals surface area contributed by atoms with Gasteiger partial charge in [-0.15, -0.1) is 11.3 Å². The van der Waals surface area contributed by atoms with E-state index in [0.717, 1.165) is 34.0 Å². The number of fused-ring (bicyclic) bond motifs is 3. The minimum atomic E-state index is -0.321. The SMILES string of the molecule is CC(Sc1nc2sc3c(c2c(=O)n1C)CCC3)C(=O)c1ccc(Br)cc1. The van der Waals surface area contributed by atoms with E-state index in [9.17, 15) is 9.59 Å². The highest BCUT2D eigenvalue weighted by Gasteiger charge is 2.24. The van der Waals surface area contributed by atoms with Crippen LogP contribution in [0.25, 0.3) is 10.2 Å². The van der Waals surface area contributed by atoms with Crippen molar-refractivity contribution in [2.45, 2.75) is 36.6 Å². The monoisotopic (exact) mass is 448 g/mol. The van der Waals surface area contributed by atoms with Crippen molar-refractivity contribution in [1.29, 1.82) is 0 Å². The number of ketones is 1. The minimum Gasteiger partial charge on any atom is -0.293 e. The fraction of sp³-hybridized carbons (Fsp3) is 0.316. The Hall–Kier alpha value is -1.44. The first-order valence-electron chi connectivity index (χ1n) is 8.43. The summed E-state index contributed by atoms with van der Waals surface area (Å²) in [7, 11) is 1.74. The van der Waals surface area contributed by atoms with Gasteiger partial charge in [0.05, 0.1) is 10.6 Å². The number of hydrogen-bond donors (Lipinski definition) is 0. The molecule has 0 saturated heterocycles. The Labute approximate surface area is 167 Å². The molecule has 4 rings (SSSR count). The van der Waals surface area contributed by atoms with Gasteiger partial charge in [-0.3, -0.25) is 14.2 Å². The summed E-state index contributed by atoms with van der Waals surface area (Å²) in [5.41, 5.74) is 1.85. The van der Waals surface area contributed by atoms with Crippen LogP contribution in [0.4, 0.5) is 0 Å². The van der Waals surface area contributed by atoms with Gasteiger partial charge >= 0.3 is 0 Å². The van der Waals surface area contributed by atoms with E-state index < -0.39 is 0 Å². The second-order valence-electron chi connectivity index (χ2n) is 6.43. The Balaban J connectivity index is 1.66. The predicted molar refractivity (Wildman–Crippen MR) is 111 cm³/mol. The Morgan fingerprint density at radius 1 is 1.31 bits per heavy atom. The molecule has 1 atom stereocenters. The van der Waals surface area contributed by atoms with Gasteiger partial charge in [-0.25, -0.2) is 4.98 Å². The van der Waals surface area contributed by atoms with Crippen LogP contribution in [-0.4, -0.2) is 20.6 Å². The standard InChI is InChI=1S/C19H17BrN2O2S2/c1-10(16(23)11-6-8-12(20)9-7-11)25-19-21-17-15(18(24)22(19)2)13-4-3-5-14(13)26-17/h6-10H,3-5H2,1-2H3. The maximum absolute atomic E-state index is 12.9. The molecule has 134 valence electrons. The number of thiophene rings is 1. The Morgan fingerprint density at radius 2 is 2.04 bits per heavy atom. The lowest BCUT2D eigenvalue weighted by atomic mass is 10.1. The molecule has 0 N–H and O–H groups in total. The highest BCUT2D eigenvalue weighted by atomic mass is 79.9.